The van der Waals surface area contributed by atoms with Gasteiger partial charge in [0.2, 0.25) is 0 Å². The van der Waals surface area contributed by atoms with Crippen molar-refractivity contribution < 1.29 is 4.79 Å². The number of nitrogens with two attached hydrogens (primary N) is 1. The smallest absolute Gasteiger partial charge is 0.265 e. The summed E-state index contributed by atoms with van der Waals surface area (Å²) in [6.45, 7) is 1.93. The van der Waals surface area contributed by atoms with E-state index in [0.717, 1.165) is 5.56 Å². The summed E-state index contributed by atoms with van der Waals surface area (Å²) in [5.41, 5.74) is 6.78. The molecule has 0 spiro atoms. The first kappa shape index (κ1) is 13.4. The number of hydrogen-bond donors (Lipinski definition) is 3. The van der Waals surface area contributed by atoms with Crippen molar-refractivity contribution in [2.75, 3.05) is 18.1 Å². The van der Waals surface area contributed by atoms with E-state index in [2.05, 4.69) is 15.6 Å². The van der Waals surface area contributed by atoms with Crippen LogP contribution in [0.5, 0.6) is 0 Å². The van der Waals surface area contributed by atoms with Crippen LogP contribution in [0.2, 0.25) is 0 Å². The van der Waals surface area contributed by atoms with Gasteiger partial charge in [-0.05, 0) is 12.5 Å². The summed E-state index contributed by atoms with van der Waals surface area (Å²) in [4.78, 5) is 16.6. The largest absolute Gasteiger partial charge is 0.382 e. The number of benzene rings is 1. The van der Waals surface area contributed by atoms with Crippen molar-refractivity contribution in [2.45, 2.75) is 13.0 Å². The van der Waals surface area contributed by atoms with Crippen LogP contribution in [0.3, 0.4) is 0 Å². The number of nitrogens with one attached hydrogen (secondary N) is 2. The number of carbonyl (C=O) groups excluding carboxylic acids is 1. The molecule has 2 aromatic rings. The van der Waals surface area contributed by atoms with Gasteiger partial charge in [-0.3, -0.25) is 4.79 Å². The monoisotopic (exact) mass is 276 g/mol. The Bertz CT molecular complexity index is 567. The van der Waals surface area contributed by atoms with Crippen LogP contribution in [0.4, 0.5) is 10.9 Å². The summed E-state index contributed by atoms with van der Waals surface area (Å²) in [6, 6.07) is 9.70. The molecule has 0 fully saturated rings. The van der Waals surface area contributed by atoms with E-state index >= 15 is 0 Å². The van der Waals surface area contributed by atoms with Crippen LogP contribution in [-0.4, -0.2) is 17.9 Å². The van der Waals surface area contributed by atoms with Crippen molar-refractivity contribution in [1.29, 1.82) is 0 Å². The molecular weight excluding hydrogens is 260 g/mol. The second-order valence-corrected chi connectivity index (χ2v) is 5.09. The zero-order valence-corrected chi connectivity index (χ0v) is 11.6. The van der Waals surface area contributed by atoms with E-state index in [-0.39, 0.29) is 17.8 Å². The van der Waals surface area contributed by atoms with Crippen molar-refractivity contribution >= 4 is 28.2 Å². The minimum atomic E-state index is -0.201. The van der Waals surface area contributed by atoms with Crippen molar-refractivity contribution in [3.63, 3.8) is 0 Å². The second kappa shape index (κ2) is 5.71. The molecule has 4 N–H and O–H groups in total. The van der Waals surface area contributed by atoms with Crippen LogP contribution in [0.1, 0.15) is 28.2 Å². The highest BCUT2D eigenvalue weighted by Gasteiger charge is 2.17. The van der Waals surface area contributed by atoms with Crippen LogP contribution >= 0.6 is 11.3 Å². The molecule has 6 heteroatoms. The number of anilines is 2. The zero-order chi connectivity index (χ0) is 13.8. The lowest BCUT2D eigenvalue weighted by molar-refractivity contribution is 0.0944. The molecule has 0 aliphatic carbocycles. The van der Waals surface area contributed by atoms with Gasteiger partial charge < -0.3 is 16.4 Å². The van der Waals surface area contributed by atoms with E-state index in [4.69, 9.17) is 5.73 Å². The molecule has 0 saturated heterocycles. The van der Waals surface area contributed by atoms with E-state index in [9.17, 15) is 4.79 Å². The molecule has 1 heterocycles. The first-order chi connectivity index (χ1) is 9.11. The Balaban J connectivity index is 2.10. The van der Waals surface area contributed by atoms with E-state index in [1.807, 2.05) is 37.3 Å². The highest BCUT2D eigenvalue weighted by Crippen LogP contribution is 2.25. The summed E-state index contributed by atoms with van der Waals surface area (Å²) in [5, 5.41) is 6.42. The first-order valence-electron chi connectivity index (χ1n) is 5.91. The molecule has 0 aliphatic heterocycles. The van der Waals surface area contributed by atoms with Gasteiger partial charge in [-0.1, -0.05) is 41.7 Å². The fourth-order valence-corrected chi connectivity index (χ4v) is 2.43. The molecule has 1 amide bonds. The van der Waals surface area contributed by atoms with Crippen LogP contribution in [0.25, 0.3) is 0 Å². The Kier molecular flexibility index (Phi) is 4.01. The normalized spacial score (nSPS) is 11.9. The van der Waals surface area contributed by atoms with Gasteiger partial charge in [-0.25, -0.2) is 4.98 Å². The Labute approximate surface area is 115 Å². The van der Waals surface area contributed by atoms with Crippen LogP contribution in [0.15, 0.2) is 30.3 Å². The van der Waals surface area contributed by atoms with E-state index < -0.39 is 0 Å². The highest BCUT2D eigenvalue weighted by molar-refractivity contribution is 7.18. The summed E-state index contributed by atoms with van der Waals surface area (Å²) < 4.78 is 0. The van der Waals surface area contributed by atoms with Crippen LogP contribution < -0.4 is 16.4 Å². The molecule has 0 saturated carbocycles. The summed E-state index contributed by atoms with van der Waals surface area (Å²) >= 11 is 1.25. The standard InChI is InChI=1S/C13H16N4OS/c1-8(9-6-4-3-5-7-9)16-12(18)10-11(14)17-13(15-2)19-10/h3-8H,14H2,1-2H3,(H,15,17)(H,16,18). The van der Waals surface area contributed by atoms with E-state index in [1.165, 1.54) is 11.3 Å². The van der Waals surface area contributed by atoms with Crippen LogP contribution in [-0.2, 0) is 0 Å². The minimum absolute atomic E-state index is 0.0757. The van der Waals surface area contributed by atoms with Gasteiger partial charge in [0, 0.05) is 7.05 Å². The Morgan fingerprint density at radius 3 is 2.63 bits per heavy atom. The zero-order valence-electron chi connectivity index (χ0n) is 10.8. The van der Waals surface area contributed by atoms with Gasteiger partial charge in [0.15, 0.2) is 5.13 Å². The molecule has 1 unspecified atom stereocenters. The maximum Gasteiger partial charge on any atom is 0.265 e. The van der Waals surface area contributed by atoms with Gasteiger partial charge in [0.1, 0.15) is 10.7 Å². The third-order valence-electron chi connectivity index (χ3n) is 2.72. The maximum atomic E-state index is 12.1. The average molecular weight is 276 g/mol. The molecular formula is C13H16N4OS. The molecule has 1 aromatic heterocycles. The lowest BCUT2D eigenvalue weighted by Gasteiger charge is -2.13. The number of thiazole rings is 1. The minimum Gasteiger partial charge on any atom is -0.382 e. The van der Waals surface area contributed by atoms with Gasteiger partial charge in [0.25, 0.3) is 5.91 Å². The lowest BCUT2D eigenvalue weighted by Crippen LogP contribution is -2.26. The van der Waals surface area contributed by atoms with Crippen molar-refractivity contribution in [3.05, 3.63) is 40.8 Å². The lowest BCUT2D eigenvalue weighted by atomic mass is 10.1. The van der Waals surface area contributed by atoms with Crippen molar-refractivity contribution in [3.8, 4) is 0 Å². The number of amides is 1. The van der Waals surface area contributed by atoms with Gasteiger partial charge in [-0.2, -0.15) is 0 Å². The summed E-state index contributed by atoms with van der Waals surface area (Å²) in [7, 11) is 1.74. The number of carbonyl (C=O) groups is 1. The Hall–Kier alpha value is -2.08. The average Bonchev–Trinajstić information content (AvgIpc) is 2.81. The highest BCUT2D eigenvalue weighted by atomic mass is 32.1. The molecule has 0 aliphatic rings. The number of nitrogens with zero attached hydrogens (tertiary/aromatic N) is 1. The topological polar surface area (TPSA) is 80.0 Å². The second-order valence-electron chi connectivity index (χ2n) is 4.09. The molecule has 100 valence electrons. The van der Waals surface area contributed by atoms with Gasteiger partial charge >= 0.3 is 0 Å². The fourth-order valence-electron chi connectivity index (χ4n) is 1.69. The molecule has 0 radical (unpaired) electrons. The molecule has 5 nitrogen and oxygen atoms in total. The quantitative estimate of drug-likeness (QED) is 0.800. The van der Waals surface area contributed by atoms with Crippen LogP contribution in [0, 0.1) is 0 Å². The number of hydrogen-bond acceptors (Lipinski definition) is 5. The third-order valence-corrected chi connectivity index (χ3v) is 3.81. The Morgan fingerprint density at radius 2 is 2.05 bits per heavy atom. The predicted octanol–water partition coefficient (Wildman–Crippen LogP) is 2.26. The van der Waals surface area contributed by atoms with E-state index in [1.54, 1.807) is 7.05 Å². The van der Waals surface area contributed by atoms with Gasteiger partial charge in [0.05, 0.1) is 6.04 Å². The SMILES string of the molecule is CNc1nc(N)c(C(=O)NC(C)c2ccccc2)s1. The maximum absolute atomic E-state index is 12.1. The van der Waals surface area contributed by atoms with E-state index in [0.29, 0.717) is 10.0 Å². The number of nitrogen functional groups attached to an aromatic ring is 1. The predicted molar refractivity (Wildman–Crippen MR) is 78.4 cm³/mol. The molecule has 1 aromatic carbocycles. The Morgan fingerprint density at radius 1 is 1.37 bits per heavy atom. The molecule has 0 bridgehead atoms. The number of rotatable bonds is 4. The summed E-state index contributed by atoms with van der Waals surface area (Å²) in [6.07, 6.45) is 0. The first-order valence-corrected chi connectivity index (χ1v) is 6.73. The summed E-state index contributed by atoms with van der Waals surface area (Å²) in [5.74, 6) is 0.0555. The van der Waals surface area contributed by atoms with Crippen molar-refractivity contribution in [1.82, 2.24) is 10.3 Å². The van der Waals surface area contributed by atoms with Crippen molar-refractivity contribution in [2.24, 2.45) is 0 Å². The molecule has 2 rings (SSSR count). The molecule has 19 heavy (non-hydrogen) atoms. The van der Waals surface area contributed by atoms with Gasteiger partial charge in [-0.15, -0.1) is 0 Å². The third kappa shape index (κ3) is 3.03. The number of aromatic nitrogens is 1. The fraction of sp³-hybridized carbons (Fsp3) is 0.231. The molecule has 1 atom stereocenters.